The third-order valence-electron chi connectivity index (χ3n) is 1.17. The standard InChI is InChI=1S/C5H4BN3O2/c6-5-4(9(10)11)3(7)1-2-8-5/h1-2H,(H2,7,8). The van der Waals surface area contributed by atoms with Crippen molar-refractivity contribution >= 4 is 24.8 Å². The maximum Gasteiger partial charge on any atom is 0.302 e. The van der Waals surface area contributed by atoms with Crippen LogP contribution < -0.4 is 11.3 Å². The van der Waals surface area contributed by atoms with Gasteiger partial charge in [0.05, 0.1) is 10.5 Å². The molecule has 0 aromatic carbocycles. The monoisotopic (exact) mass is 149 g/mol. The summed E-state index contributed by atoms with van der Waals surface area (Å²) >= 11 is 0. The highest BCUT2D eigenvalue weighted by atomic mass is 16.6. The van der Waals surface area contributed by atoms with E-state index in [0.29, 0.717) is 0 Å². The number of rotatable bonds is 1. The smallest absolute Gasteiger partial charge is 0.302 e. The molecule has 0 spiro atoms. The second-order valence-electron chi connectivity index (χ2n) is 1.89. The van der Waals surface area contributed by atoms with Gasteiger partial charge >= 0.3 is 5.69 Å². The van der Waals surface area contributed by atoms with Gasteiger partial charge in [0.15, 0.2) is 7.85 Å². The van der Waals surface area contributed by atoms with Crippen LogP contribution in [0.15, 0.2) is 12.3 Å². The fraction of sp³-hybridized carbons (Fsp3) is 0. The van der Waals surface area contributed by atoms with E-state index in [1.54, 1.807) is 0 Å². The minimum atomic E-state index is -0.655. The van der Waals surface area contributed by atoms with Gasteiger partial charge in [-0.2, -0.15) is 0 Å². The molecule has 2 N–H and O–H groups in total. The third-order valence-corrected chi connectivity index (χ3v) is 1.17. The molecule has 0 atom stereocenters. The summed E-state index contributed by atoms with van der Waals surface area (Å²) in [4.78, 5) is 13.1. The van der Waals surface area contributed by atoms with Crippen LogP contribution >= 0.6 is 0 Å². The van der Waals surface area contributed by atoms with Gasteiger partial charge in [0.25, 0.3) is 0 Å². The fourth-order valence-electron chi connectivity index (χ4n) is 0.685. The van der Waals surface area contributed by atoms with Crippen LogP contribution in [0.3, 0.4) is 0 Å². The molecule has 0 aliphatic heterocycles. The van der Waals surface area contributed by atoms with Crippen molar-refractivity contribution in [3.63, 3.8) is 0 Å². The summed E-state index contributed by atoms with van der Waals surface area (Å²) in [6, 6.07) is 1.33. The van der Waals surface area contributed by atoms with Gasteiger partial charge < -0.3 is 5.73 Å². The molecule has 0 saturated heterocycles. The number of hydrogen-bond donors (Lipinski definition) is 1. The molecule has 1 heterocycles. The molecule has 5 nitrogen and oxygen atoms in total. The summed E-state index contributed by atoms with van der Waals surface area (Å²) in [6.45, 7) is 0. The van der Waals surface area contributed by atoms with Crippen LogP contribution in [0.2, 0.25) is 0 Å². The Balaban J connectivity index is 3.32. The maximum atomic E-state index is 10.2. The summed E-state index contributed by atoms with van der Waals surface area (Å²) in [7, 11) is 5.19. The summed E-state index contributed by atoms with van der Waals surface area (Å²) < 4.78 is 0. The van der Waals surface area contributed by atoms with Crippen LogP contribution in [-0.2, 0) is 0 Å². The van der Waals surface area contributed by atoms with Crippen molar-refractivity contribution in [2.45, 2.75) is 0 Å². The van der Waals surface area contributed by atoms with Crippen LogP contribution in [0.5, 0.6) is 0 Å². The van der Waals surface area contributed by atoms with Gasteiger partial charge in [-0.1, -0.05) is 0 Å². The summed E-state index contributed by atoms with van der Waals surface area (Å²) in [5.41, 5.74) is 4.81. The number of hydrogen-bond acceptors (Lipinski definition) is 4. The van der Waals surface area contributed by atoms with E-state index in [-0.39, 0.29) is 17.0 Å². The molecule has 6 heteroatoms. The van der Waals surface area contributed by atoms with E-state index >= 15 is 0 Å². The third kappa shape index (κ3) is 1.29. The number of anilines is 1. The molecule has 0 fully saturated rings. The van der Waals surface area contributed by atoms with Gasteiger partial charge in [0.1, 0.15) is 5.69 Å². The molecule has 1 rings (SSSR count). The van der Waals surface area contributed by atoms with Crippen molar-refractivity contribution < 1.29 is 4.92 Å². The lowest BCUT2D eigenvalue weighted by Gasteiger charge is -1.97. The highest BCUT2D eigenvalue weighted by molar-refractivity contribution is 6.34. The SMILES string of the molecule is [B]c1nccc(N)c1[N+](=O)[O-]. The van der Waals surface area contributed by atoms with Crippen LogP contribution in [0.1, 0.15) is 0 Å². The molecule has 0 saturated carbocycles. The van der Waals surface area contributed by atoms with Gasteiger partial charge in [0.2, 0.25) is 0 Å². The molecule has 1 aromatic rings. The second kappa shape index (κ2) is 2.57. The zero-order valence-electron chi connectivity index (χ0n) is 5.52. The van der Waals surface area contributed by atoms with Crippen molar-refractivity contribution in [2.24, 2.45) is 0 Å². The predicted octanol–water partition coefficient (Wildman–Crippen LogP) is -0.634. The summed E-state index contributed by atoms with van der Waals surface area (Å²) in [5, 5.41) is 10.2. The lowest BCUT2D eigenvalue weighted by molar-refractivity contribution is -0.382. The lowest BCUT2D eigenvalue weighted by Crippen LogP contribution is -2.15. The largest absolute Gasteiger partial charge is 0.393 e. The molecular formula is C5H4BN3O2. The lowest BCUT2D eigenvalue weighted by atomic mass is 10.0. The number of nitrogens with zero attached hydrogens (tertiary/aromatic N) is 2. The van der Waals surface area contributed by atoms with Crippen LogP contribution in [0.4, 0.5) is 11.4 Å². The summed E-state index contributed by atoms with van der Waals surface area (Å²) in [6.07, 6.45) is 1.32. The van der Waals surface area contributed by atoms with Gasteiger partial charge in [-0.15, -0.1) is 0 Å². The Morgan fingerprint density at radius 1 is 1.73 bits per heavy atom. The Kier molecular flexibility index (Phi) is 1.76. The first-order chi connectivity index (χ1) is 5.13. The number of pyridine rings is 1. The van der Waals surface area contributed by atoms with Crippen molar-refractivity contribution in [1.29, 1.82) is 0 Å². The van der Waals surface area contributed by atoms with Gasteiger partial charge in [-0.25, -0.2) is 0 Å². The minimum absolute atomic E-state index is 0.0301. The molecule has 1 aromatic heterocycles. The minimum Gasteiger partial charge on any atom is -0.393 e. The van der Waals surface area contributed by atoms with Crippen LogP contribution in [-0.4, -0.2) is 17.8 Å². The number of nitrogens with two attached hydrogens (primary N) is 1. The average Bonchev–Trinajstić information content (AvgIpc) is 1.85. The zero-order chi connectivity index (χ0) is 8.43. The molecule has 0 aliphatic carbocycles. The molecule has 11 heavy (non-hydrogen) atoms. The number of nitrogen functional groups attached to an aromatic ring is 1. The van der Waals surface area contributed by atoms with Crippen molar-refractivity contribution in [2.75, 3.05) is 5.73 Å². The van der Waals surface area contributed by atoms with E-state index in [4.69, 9.17) is 13.6 Å². The van der Waals surface area contributed by atoms with Gasteiger partial charge in [-0.05, 0) is 6.07 Å². The number of aromatic nitrogens is 1. The first kappa shape index (κ1) is 7.52. The van der Waals surface area contributed by atoms with E-state index in [9.17, 15) is 10.1 Å². The molecule has 54 valence electrons. The maximum absolute atomic E-state index is 10.2. The van der Waals surface area contributed by atoms with Crippen molar-refractivity contribution in [1.82, 2.24) is 4.98 Å². The second-order valence-corrected chi connectivity index (χ2v) is 1.89. The predicted molar refractivity (Wildman–Crippen MR) is 40.7 cm³/mol. The highest BCUT2D eigenvalue weighted by Gasteiger charge is 2.13. The van der Waals surface area contributed by atoms with Crippen molar-refractivity contribution in [3.8, 4) is 0 Å². The average molecular weight is 149 g/mol. The molecule has 0 bridgehead atoms. The Labute approximate surface area is 63.8 Å². The Bertz CT molecular complexity index is 282. The Hall–Kier alpha value is -1.59. The zero-order valence-corrected chi connectivity index (χ0v) is 5.52. The van der Waals surface area contributed by atoms with E-state index in [1.165, 1.54) is 12.3 Å². The molecular weight excluding hydrogens is 145 g/mol. The summed E-state index contributed by atoms with van der Waals surface area (Å²) in [5.74, 6) is 0. The quantitative estimate of drug-likeness (QED) is 0.327. The highest BCUT2D eigenvalue weighted by Crippen LogP contribution is 2.14. The number of nitro groups is 1. The van der Waals surface area contributed by atoms with Crippen LogP contribution in [0.25, 0.3) is 0 Å². The van der Waals surface area contributed by atoms with E-state index in [1.807, 2.05) is 0 Å². The first-order valence-corrected chi connectivity index (χ1v) is 2.77. The first-order valence-electron chi connectivity index (χ1n) is 2.77. The Morgan fingerprint density at radius 2 is 2.36 bits per heavy atom. The Morgan fingerprint density at radius 3 is 2.73 bits per heavy atom. The van der Waals surface area contributed by atoms with Gasteiger partial charge in [0, 0.05) is 6.20 Å². The fourth-order valence-corrected chi connectivity index (χ4v) is 0.685. The topological polar surface area (TPSA) is 82.0 Å². The van der Waals surface area contributed by atoms with Gasteiger partial charge in [-0.3, -0.25) is 15.1 Å². The molecule has 0 amide bonds. The molecule has 0 unspecified atom stereocenters. The normalized spacial score (nSPS) is 9.45. The van der Waals surface area contributed by atoms with E-state index < -0.39 is 4.92 Å². The molecule has 2 radical (unpaired) electrons. The van der Waals surface area contributed by atoms with Crippen molar-refractivity contribution in [3.05, 3.63) is 22.4 Å². The van der Waals surface area contributed by atoms with E-state index in [2.05, 4.69) is 4.98 Å². The molecule has 0 aliphatic rings. The van der Waals surface area contributed by atoms with E-state index in [0.717, 1.165) is 0 Å². The van der Waals surface area contributed by atoms with Crippen LogP contribution in [0, 0.1) is 10.1 Å².